The first-order valence-electron chi connectivity index (χ1n) is 7.26. The van der Waals surface area contributed by atoms with Gasteiger partial charge in [0.25, 0.3) is 11.5 Å². The Hall–Kier alpha value is -2.47. The van der Waals surface area contributed by atoms with Gasteiger partial charge in [0, 0.05) is 30.3 Å². The Balaban J connectivity index is 1.77. The molecule has 0 radical (unpaired) electrons. The van der Waals surface area contributed by atoms with Gasteiger partial charge in [-0.05, 0) is 37.1 Å². The Morgan fingerprint density at radius 1 is 1.36 bits per heavy atom. The molecule has 114 valence electrons. The molecule has 0 aliphatic carbocycles. The molecule has 1 saturated heterocycles. The largest absolute Gasteiger partial charge is 0.379 e. The molecule has 6 nitrogen and oxygen atoms in total. The molecule has 22 heavy (non-hydrogen) atoms. The Morgan fingerprint density at radius 2 is 2.27 bits per heavy atom. The maximum absolute atomic E-state index is 12.2. The quantitative estimate of drug-likeness (QED) is 0.896. The van der Waals surface area contributed by atoms with Crippen LogP contribution in [0.3, 0.4) is 0 Å². The highest BCUT2D eigenvalue weighted by Gasteiger charge is 2.19. The number of ether oxygens (including phenoxy) is 1. The van der Waals surface area contributed by atoms with Crippen LogP contribution in [0, 0.1) is 0 Å². The number of rotatable bonds is 3. The van der Waals surface area contributed by atoms with Gasteiger partial charge in [0.05, 0.1) is 12.6 Å². The Labute approximate surface area is 127 Å². The first-order chi connectivity index (χ1) is 10.7. The molecule has 6 heteroatoms. The second kappa shape index (κ2) is 6.53. The highest BCUT2D eigenvalue weighted by molar-refractivity contribution is 5.94. The number of carbonyl (C=O) groups excluding carboxylic acids is 1. The number of H-pyrrole nitrogens is 1. The van der Waals surface area contributed by atoms with Crippen molar-refractivity contribution in [3.05, 3.63) is 52.6 Å². The number of aromatic nitrogens is 2. The molecule has 3 rings (SSSR count). The minimum Gasteiger partial charge on any atom is -0.379 e. The zero-order valence-corrected chi connectivity index (χ0v) is 12.0. The summed E-state index contributed by atoms with van der Waals surface area (Å²) >= 11 is 0. The van der Waals surface area contributed by atoms with Crippen LogP contribution < -0.4 is 10.9 Å². The molecule has 1 amide bonds. The van der Waals surface area contributed by atoms with Gasteiger partial charge in [0.2, 0.25) is 0 Å². The lowest BCUT2D eigenvalue weighted by molar-refractivity contribution is 0.0623. The molecule has 3 heterocycles. The van der Waals surface area contributed by atoms with Gasteiger partial charge >= 0.3 is 0 Å². The normalized spacial score (nSPS) is 17.9. The third kappa shape index (κ3) is 3.23. The molecule has 2 N–H and O–H groups in total. The van der Waals surface area contributed by atoms with Crippen LogP contribution in [0.5, 0.6) is 0 Å². The zero-order chi connectivity index (χ0) is 15.4. The molecule has 0 unspecified atom stereocenters. The molecule has 1 atom stereocenters. The predicted octanol–water partition coefficient (Wildman–Crippen LogP) is 1.35. The Bertz CT molecular complexity index is 706. The molecular weight excluding hydrogens is 282 g/mol. The highest BCUT2D eigenvalue weighted by Crippen LogP contribution is 2.13. The molecule has 1 aliphatic heterocycles. The van der Waals surface area contributed by atoms with E-state index < -0.39 is 5.56 Å². The number of nitrogens with one attached hydrogen (secondary N) is 2. The van der Waals surface area contributed by atoms with E-state index in [1.54, 1.807) is 30.6 Å². The van der Waals surface area contributed by atoms with Gasteiger partial charge < -0.3 is 15.0 Å². The summed E-state index contributed by atoms with van der Waals surface area (Å²) < 4.78 is 5.32. The van der Waals surface area contributed by atoms with Crippen LogP contribution in [0.4, 0.5) is 0 Å². The average Bonchev–Trinajstić information content (AvgIpc) is 2.56. The zero-order valence-electron chi connectivity index (χ0n) is 12.0. The van der Waals surface area contributed by atoms with Crippen LogP contribution in [0.1, 0.15) is 23.2 Å². The van der Waals surface area contributed by atoms with E-state index in [9.17, 15) is 9.59 Å². The van der Waals surface area contributed by atoms with Crippen molar-refractivity contribution in [1.29, 1.82) is 0 Å². The fourth-order valence-electron chi connectivity index (χ4n) is 2.46. The summed E-state index contributed by atoms with van der Waals surface area (Å²) in [6.45, 7) is 1.23. The number of pyridine rings is 2. The molecule has 1 aliphatic rings. The molecule has 2 aromatic heterocycles. The maximum atomic E-state index is 12.2. The molecule has 0 aromatic carbocycles. The third-order valence-electron chi connectivity index (χ3n) is 3.62. The summed E-state index contributed by atoms with van der Waals surface area (Å²) in [5.41, 5.74) is 1.14. The van der Waals surface area contributed by atoms with Crippen LogP contribution in [0.25, 0.3) is 11.3 Å². The Morgan fingerprint density at radius 3 is 2.95 bits per heavy atom. The van der Waals surface area contributed by atoms with Crippen LogP contribution in [0.15, 0.2) is 41.5 Å². The van der Waals surface area contributed by atoms with Crippen LogP contribution in [-0.2, 0) is 4.74 Å². The fraction of sp³-hybridized carbons (Fsp3) is 0.312. The van der Waals surface area contributed by atoms with Crippen molar-refractivity contribution in [2.45, 2.75) is 18.9 Å². The summed E-state index contributed by atoms with van der Waals surface area (Å²) in [5.74, 6) is -0.366. The molecule has 0 saturated carbocycles. The molecule has 0 bridgehead atoms. The number of nitrogens with zero attached hydrogens (tertiary/aromatic N) is 1. The van der Waals surface area contributed by atoms with Crippen molar-refractivity contribution in [3.63, 3.8) is 0 Å². The smallest absolute Gasteiger partial charge is 0.261 e. The summed E-state index contributed by atoms with van der Waals surface area (Å²) in [5, 5.41) is 2.84. The molecule has 0 spiro atoms. The summed E-state index contributed by atoms with van der Waals surface area (Å²) in [7, 11) is 0. The molecule has 2 aromatic rings. The summed E-state index contributed by atoms with van der Waals surface area (Å²) in [6, 6.07) is 6.86. The van der Waals surface area contributed by atoms with Crippen LogP contribution >= 0.6 is 0 Å². The van der Waals surface area contributed by atoms with Crippen LogP contribution in [-0.4, -0.2) is 35.1 Å². The van der Waals surface area contributed by atoms with Gasteiger partial charge in [0.15, 0.2) is 0 Å². The first kappa shape index (κ1) is 14.5. The monoisotopic (exact) mass is 299 g/mol. The van der Waals surface area contributed by atoms with E-state index in [-0.39, 0.29) is 17.5 Å². The van der Waals surface area contributed by atoms with E-state index >= 15 is 0 Å². The number of aromatic amines is 1. The number of amides is 1. The summed E-state index contributed by atoms with van der Waals surface area (Å²) in [6.07, 6.45) is 5.11. The second-order valence-corrected chi connectivity index (χ2v) is 5.24. The van der Waals surface area contributed by atoms with Crippen molar-refractivity contribution in [3.8, 4) is 11.3 Å². The van der Waals surface area contributed by atoms with Crippen molar-refractivity contribution in [1.82, 2.24) is 15.3 Å². The van der Waals surface area contributed by atoms with Gasteiger partial charge in [-0.1, -0.05) is 0 Å². The van der Waals surface area contributed by atoms with E-state index in [0.29, 0.717) is 12.3 Å². The lowest BCUT2D eigenvalue weighted by Crippen LogP contribution is -2.42. The average molecular weight is 299 g/mol. The van der Waals surface area contributed by atoms with Crippen LogP contribution in [0.2, 0.25) is 0 Å². The van der Waals surface area contributed by atoms with Crippen molar-refractivity contribution in [2.24, 2.45) is 0 Å². The first-order valence-corrected chi connectivity index (χ1v) is 7.26. The van der Waals surface area contributed by atoms with Gasteiger partial charge in [-0.3, -0.25) is 14.6 Å². The van der Waals surface area contributed by atoms with Gasteiger partial charge in [-0.2, -0.15) is 0 Å². The van der Waals surface area contributed by atoms with E-state index in [2.05, 4.69) is 15.3 Å². The van der Waals surface area contributed by atoms with Crippen molar-refractivity contribution < 1.29 is 9.53 Å². The van der Waals surface area contributed by atoms with Gasteiger partial charge in [0.1, 0.15) is 5.56 Å². The molecular formula is C16H17N3O3. The highest BCUT2D eigenvalue weighted by atomic mass is 16.5. The SMILES string of the molecule is O=C(N[C@H]1CCCOC1)c1ccc(-c2cccnc2)[nH]c1=O. The van der Waals surface area contributed by atoms with Crippen molar-refractivity contribution >= 4 is 5.91 Å². The van der Waals surface area contributed by atoms with E-state index in [0.717, 1.165) is 25.0 Å². The van der Waals surface area contributed by atoms with E-state index in [1.165, 1.54) is 0 Å². The second-order valence-electron chi connectivity index (χ2n) is 5.24. The topological polar surface area (TPSA) is 84.1 Å². The summed E-state index contributed by atoms with van der Waals surface area (Å²) in [4.78, 5) is 31.0. The lowest BCUT2D eigenvalue weighted by Gasteiger charge is -2.22. The fourth-order valence-corrected chi connectivity index (χ4v) is 2.46. The minimum atomic E-state index is -0.407. The lowest BCUT2D eigenvalue weighted by atomic mass is 10.1. The third-order valence-corrected chi connectivity index (χ3v) is 3.62. The maximum Gasteiger partial charge on any atom is 0.261 e. The number of hydrogen-bond donors (Lipinski definition) is 2. The Kier molecular flexibility index (Phi) is 4.29. The standard InChI is InChI=1S/C16H17N3O3/c20-15(18-12-4-2-8-22-10-12)13-5-6-14(19-16(13)21)11-3-1-7-17-9-11/h1,3,5-7,9,12H,2,4,8,10H2,(H,18,20)(H,19,21)/t12-/m0/s1. The van der Waals surface area contributed by atoms with E-state index in [4.69, 9.17) is 4.74 Å². The van der Waals surface area contributed by atoms with Crippen molar-refractivity contribution in [2.75, 3.05) is 13.2 Å². The number of carbonyl (C=O) groups is 1. The van der Waals surface area contributed by atoms with E-state index in [1.807, 2.05) is 6.07 Å². The number of hydrogen-bond acceptors (Lipinski definition) is 4. The minimum absolute atomic E-state index is 0.0290. The van der Waals surface area contributed by atoms with Gasteiger partial charge in [-0.25, -0.2) is 0 Å². The molecule has 1 fully saturated rings. The van der Waals surface area contributed by atoms with Gasteiger partial charge in [-0.15, -0.1) is 0 Å². The predicted molar refractivity (Wildman–Crippen MR) is 81.6 cm³/mol.